The van der Waals surface area contributed by atoms with Crippen molar-refractivity contribution >= 4 is 21.8 Å². The number of carbonyl (C=O) groups excluding carboxylic acids is 1. The molecule has 3 nitrogen and oxygen atoms in total. The van der Waals surface area contributed by atoms with Crippen molar-refractivity contribution in [3.8, 4) is 0 Å². The predicted molar refractivity (Wildman–Crippen MR) is 59.7 cm³/mol. The quantitative estimate of drug-likeness (QED) is 0.879. The molecule has 1 amide bonds. The second-order valence-electron chi connectivity index (χ2n) is 3.23. The average Bonchev–Trinajstić information content (AvgIpc) is 2.14. The summed E-state index contributed by atoms with van der Waals surface area (Å²) in [7, 11) is 0. The number of carbonyl (C=O) groups is 1. The van der Waals surface area contributed by atoms with Crippen LogP contribution in [0.4, 0.5) is 4.39 Å². The van der Waals surface area contributed by atoms with Crippen molar-refractivity contribution in [3.05, 3.63) is 34.1 Å². The number of rotatable bonds is 4. The van der Waals surface area contributed by atoms with Crippen molar-refractivity contribution in [2.24, 2.45) is 5.73 Å². The van der Waals surface area contributed by atoms with Gasteiger partial charge in [-0.1, -0.05) is 22.0 Å². The van der Waals surface area contributed by atoms with Gasteiger partial charge < -0.3 is 11.1 Å². The summed E-state index contributed by atoms with van der Waals surface area (Å²) in [6, 6.07) is 4.37. The third-order valence-corrected chi connectivity index (χ3v) is 2.70. The zero-order valence-corrected chi connectivity index (χ0v) is 9.84. The maximum atomic E-state index is 12.8. The molecule has 3 N–H and O–H groups in total. The summed E-state index contributed by atoms with van der Waals surface area (Å²) >= 11 is 3.26. The van der Waals surface area contributed by atoms with Crippen molar-refractivity contribution in [3.63, 3.8) is 0 Å². The molecule has 5 heteroatoms. The van der Waals surface area contributed by atoms with E-state index in [-0.39, 0.29) is 18.4 Å². The second-order valence-corrected chi connectivity index (χ2v) is 4.09. The minimum Gasteiger partial charge on any atom is -0.369 e. The molecule has 0 aromatic heterocycles. The number of nitrogens with two attached hydrogens (primary N) is 1. The maximum absolute atomic E-state index is 12.8. The van der Waals surface area contributed by atoms with Gasteiger partial charge in [0.1, 0.15) is 5.82 Å². The largest absolute Gasteiger partial charge is 0.369 e. The minimum atomic E-state index is -0.417. The molecule has 82 valence electrons. The van der Waals surface area contributed by atoms with Crippen molar-refractivity contribution in [2.45, 2.75) is 13.0 Å². The van der Waals surface area contributed by atoms with Gasteiger partial charge in [-0.2, -0.15) is 0 Å². The van der Waals surface area contributed by atoms with Crippen LogP contribution in [0.25, 0.3) is 0 Å². The van der Waals surface area contributed by atoms with E-state index in [1.54, 1.807) is 6.07 Å². The summed E-state index contributed by atoms with van der Waals surface area (Å²) in [5.41, 5.74) is 5.89. The monoisotopic (exact) mass is 274 g/mol. The van der Waals surface area contributed by atoms with Gasteiger partial charge in [0.05, 0.1) is 6.54 Å². The molecule has 0 radical (unpaired) electrons. The zero-order chi connectivity index (χ0) is 11.4. The molecule has 1 atom stereocenters. The van der Waals surface area contributed by atoms with E-state index in [4.69, 9.17) is 5.73 Å². The molecule has 0 saturated heterocycles. The summed E-state index contributed by atoms with van der Waals surface area (Å²) in [6.07, 6.45) is 0. The summed E-state index contributed by atoms with van der Waals surface area (Å²) < 4.78 is 13.5. The van der Waals surface area contributed by atoms with E-state index < -0.39 is 5.91 Å². The molecule has 0 fully saturated rings. The highest BCUT2D eigenvalue weighted by Gasteiger charge is 2.10. The average molecular weight is 275 g/mol. The Balaban J connectivity index is 2.73. The van der Waals surface area contributed by atoms with Gasteiger partial charge >= 0.3 is 0 Å². The number of hydrogen-bond donors (Lipinski definition) is 2. The first-order chi connectivity index (χ1) is 7.00. The Morgan fingerprint density at radius 3 is 2.87 bits per heavy atom. The summed E-state index contributed by atoms with van der Waals surface area (Å²) in [4.78, 5) is 10.6. The third kappa shape index (κ3) is 3.60. The van der Waals surface area contributed by atoms with E-state index >= 15 is 0 Å². The number of benzene rings is 1. The fraction of sp³-hybridized carbons (Fsp3) is 0.300. The van der Waals surface area contributed by atoms with E-state index in [9.17, 15) is 9.18 Å². The SMILES string of the molecule is CC(NCC(N)=O)c1ccc(F)cc1Br. The van der Waals surface area contributed by atoms with Crippen LogP contribution >= 0.6 is 15.9 Å². The second kappa shape index (κ2) is 5.23. The highest BCUT2D eigenvalue weighted by Crippen LogP contribution is 2.23. The van der Waals surface area contributed by atoms with Gasteiger partial charge in [-0.25, -0.2) is 4.39 Å². The van der Waals surface area contributed by atoms with E-state index in [0.29, 0.717) is 4.47 Å². The molecule has 1 aromatic rings. The highest BCUT2D eigenvalue weighted by molar-refractivity contribution is 9.10. The molecule has 0 aliphatic heterocycles. The Bertz CT molecular complexity index is 370. The molecule has 0 bridgehead atoms. The fourth-order valence-corrected chi connectivity index (χ4v) is 1.91. The molecular weight excluding hydrogens is 263 g/mol. The Kier molecular flexibility index (Phi) is 4.23. The van der Waals surface area contributed by atoms with Gasteiger partial charge in [0.2, 0.25) is 5.91 Å². The van der Waals surface area contributed by atoms with Crippen LogP contribution in [0, 0.1) is 5.82 Å². The lowest BCUT2D eigenvalue weighted by molar-refractivity contribution is -0.117. The van der Waals surface area contributed by atoms with Gasteiger partial charge in [-0.3, -0.25) is 4.79 Å². The van der Waals surface area contributed by atoms with Crippen molar-refractivity contribution < 1.29 is 9.18 Å². The first-order valence-corrected chi connectivity index (χ1v) is 5.26. The van der Waals surface area contributed by atoms with Crippen LogP contribution in [-0.2, 0) is 4.79 Å². The third-order valence-electron chi connectivity index (χ3n) is 2.01. The lowest BCUT2D eigenvalue weighted by Crippen LogP contribution is -2.30. The first-order valence-electron chi connectivity index (χ1n) is 4.47. The van der Waals surface area contributed by atoms with Gasteiger partial charge in [0.25, 0.3) is 0 Å². The van der Waals surface area contributed by atoms with Crippen LogP contribution in [0.15, 0.2) is 22.7 Å². The molecule has 1 rings (SSSR count). The molecule has 15 heavy (non-hydrogen) atoms. The number of amides is 1. The summed E-state index contributed by atoms with van der Waals surface area (Å²) in [6.45, 7) is 1.98. The molecule has 0 heterocycles. The van der Waals surface area contributed by atoms with E-state index in [1.807, 2.05) is 6.92 Å². The number of primary amides is 1. The van der Waals surface area contributed by atoms with E-state index in [1.165, 1.54) is 12.1 Å². The van der Waals surface area contributed by atoms with Gasteiger partial charge in [-0.15, -0.1) is 0 Å². The van der Waals surface area contributed by atoms with Crippen LogP contribution < -0.4 is 11.1 Å². The topological polar surface area (TPSA) is 55.1 Å². The normalized spacial score (nSPS) is 12.5. The van der Waals surface area contributed by atoms with E-state index in [0.717, 1.165) is 5.56 Å². The molecule has 0 aliphatic carbocycles. The fourth-order valence-electron chi connectivity index (χ4n) is 1.22. The minimum absolute atomic E-state index is 0.0625. The molecule has 0 saturated carbocycles. The number of halogens is 2. The first kappa shape index (κ1) is 12.1. The smallest absolute Gasteiger partial charge is 0.231 e. The Labute approximate surface area is 96.0 Å². The van der Waals surface area contributed by atoms with Crippen molar-refractivity contribution in [1.29, 1.82) is 0 Å². The maximum Gasteiger partial charge on any atom is 0.231 e. The molecule has 0 aliphatic rings. The van der Waals surface area contributed by atoms with Crippen LogP contribution in [0.3, 0.4) is 0 Å². The van der Waals surface area contributed by atoms with E-state index in [2.05, 4.69) is 21.2 Å². The molecule has 0 spiro atoms. The zero-order valence-electron chi connectivity index (χ0n) is 8.26. The molecular formula is C10H12BrFN2O. The highest BCUT2D eigenvalue weighted by atomic mass is 79.9. The summed E-state index contributed by atoms with van der Waals surface area (Å²) in [5, 5.41) is 2.93. The Morgan fingerprint density at radius 1 is 1.67 bits per heavy atom. The summed E-state index contributed by atoms with van der Waals surface area (Å²) in [5.74, 6) is -0.715. The standard InChI is InChI=1S/C10H12BrFN2O/c1-6(14-5-10(13)15)8-3-2-7(12)4-9(8)11/h2-4,6,14H,5H2,1H3,(H2,13,15). The van der Waals surface area contributed by atoms with Gasteiger partial charge in [-0.05, 0) is 24.6 Å². The Hall–Kier alpha value is -0.940. The Morgan fingerprint density at radius 2 is 2.33 bits per heavy atom. The van der Waals surface area contributed by atoms with Gasteiger partial charge in [0.15, 0.2) is 0 Å². The molecule has 1 aromatic carbocycles. The van der Waals surface area contributed by atoms with Crippen LogP contribution in [0.5, 0.6) is 0 Å². The van der Waals surface area contributed by atoms with Crippen molar-refractivity contribution in [1.82, 2.24) is 5.32 Å². The lowest BCUT2D eigenvalue weighted by atomic mass is 10.1. The molecule has 1 unspecified atom stereocenters. The van der Waals surface area contributed by atoms with Crippen LogP contribution in [0.2, 0.25) is 0 Å². The predicted octanol–water partition coefficient (Wildman–Crippen LogP) is 1.72. The number of nitrogens with one attached hydrogen (secondary N) is 1. The van der Waals surface area contributed by atoms with Crippen molar-refractivity contribution in [2.75, 3.05) is 6.54 Å². The van der Waals surface area contributed by atoms with Gasteiger partial charge in [0, 0.05) is 10.5 Å². The van der Waals surface area contributed by atoms with Crippen LogP contribution in [0.1, 0.15) is 18.5 Å². The van der Waals surface area contributed by atoms with Crippen LogP contribution in [-0.4, -0.2) is 12.5 Å². The lowest BCUT2D eigenvalue weighted by Gasteiger charge is -2.14. The number of hydrogen-bond acceptors (Lipinski definition) is 2.